The van der Waals surface area contributed by atoms with E-state index in [0.29, 0.717) is 16.9 Å². The van der Waals surface area contributed by atoms with Gasteiger partial charge < -0.3 is 0 Å². The molecule has 106 valence electrons. The van der Waals surface area contributed by atoms with Crippen molar-refractivity contribution in [2.75, 3.05) is 5.32 Å². The van der Waals surface area contributed by atoms with Gasteiger partial charge in [-0.1, -0.05) is 18.3 Å². The van der Waals surface area contributed by atoms with Crippen molar-refractivity contribution in [3.8, 4) is 0 Å². The van der Waals surface area contributed by atoms with Gasteiger partial charge in [-0.05, 0) is 18.6 Å². The Morgan fingerprint density at radius 3 is 2.65 bits per heavy atom. The van der Waals surface area contributed by atoms with Crippen molar-refractivity contribution in [3.05, 3.63) is 29.6 Å². The van der Waals surface area contributed by atoms with Crippen LogP contribution in [0.1, 0.15) is 23.0 Å². The summed E-state index contributed by atoms with van der Waals surface area (Å²) in [4.78, 5) is 16.0. The molecule has 0 unspecified atom stereocenters. The number of hydrogen-bond acceptors (Lipinski definition) is 7. The molecule has 0 spiro atoms. The minimum Gasteiger partial charge on any atom is -0.296 e. The second-order valence-corrected chi connectivity index (χ2v) is 6.48. The van der Waals surface area contributed by atoms with Crippen molar-refractivity contribution >= 4 is 32.4 Å². The van der Waals surface area contributed by atoms with Crippen molar-refractivity contribution in [1.29, 1.82) is 0 Å². The van der Waals surface area contributed by atoms with Crippen LogP contribution in [-0.4, -0.2) is 29.5 Å². The van der Waals surface area contributed by atoms with Gasteiger partial charge in [0.25, 0.3) is 15.9 Å². The van der Waals surface area contributed by atoms with Crippen molar-refractivity contribution in [2.24, 2.45) is 5.14 Å². The fraction of sp³-hybridized carbons (Fsp3) is 0.200. The van der Waals surface area contributed by atoms with Crippen LogP contribution in [0.3, 0.4) is 0 Å². The Hall–Kier alpha value is -1.91. The first-order chi connectivity index (χ1) is 9.40. The SMILES string of the molecule is CCc1ccc(C(=O)Nc2nnc(S(N)(=O)=O)s2)cn1. The highest BCUT2D eigenvalue weighted by molar-refractivity contribution is 7.91. The third kappa shape index (κ3) is 3.35. The Labute approximate surface area is 119 Å². The number of nitrogens with one attached hydrogen (secondary N) is 1. The summed E-state index contributed by atoms with van der Waals surface area (Å²) in [5.74, 6) is -0.447. The van der Waals surface area contributed by atoms with Crippen LogP contribution in [-0.2, 0) is 16.4 Å². The summed E-state index contributed by atoms with van der Waals surface area (Å²) >= 11 is 0.683. The molecule has 2 heterocycles. The van der Waals surface area contributed by atoms with Crippen LogP contribution in [0.25, 0.3) is 0 Å². The molecule has 0 bridgehead atoms. The second-order valence-electron chi connectivity index (χ2n) is 3.76. The zero-order chi connectivity index (χ0) is 14.8. The van der Waals surface area contributed by atoms with Crippen LogP contribution in [0.2, 0.25) is 0 Å². The Balaban J connectivity index is 2.13. The number of primary sulfonamides is 1. The molecule has 0 saturated heterocycles. The lowest BCUT2D eigenvalue weighted by Crippen LogP contribution is -2.12. The molecule has 0 atom stereocenters. The molecule has 2 aromatic heterocycles. The number of carbonyl (C=O) groups excluding carboxylic acids is 1. The first-order valence-electron chi connectivity index (χ1n) is 5.52. The number of amides is 1. The van der Waals surface area contributed by atoms with Gasteiger partial charge in [0, 0.05) is 11.9 Å². The lowest BCUT2D eigenvalue weighted by molar-refractivity contribution is 0.102. The normalized spacial score (nSPS) is 11.3. The summed E-state index contributed by atoms with van der Waals surface area (Å²) in [6.07, 6.45) is 2.21. The molecule has 0 saturated carbocycles. The molecule has 2 aromatic rings. The molecule has 0 radical (unpaired) electrons. The maximum atomic E-state index is 11.9. The lowest BCUT2D eigenvalue weighted by Gasteiger charge is -2.01. The van der Waals surface area contributed by atoms with E-state index in [-0.39, 0.29) is 9.47 Å². The van der Waals surface area contributed by atoms with Crippen molar-refractivity contribution < 1.29 is 13.2 Å². The van der Waals surface area contributed by atoms with E-state index in [1.54, 1.807) is 12.1 Å². The number of hydrogen-bond donors (Lipinski definition) is 2. The van der Waals surface area contributed by atoms with E-state index in [2.05, 4.69) is 20.5 Å². The summed E-state index contributed by atoms with van der Waals surface area (Å²) < 4.78 is 21.7. The van der Waals surface area contributed by atoms with Gasteiger partial charge in [-0.25, -0.2) is 13.6 Å². The Kier molecular flexibility index (Phi) is 4.06. The van der Waals surface area contributed by atoms with E-state index >= 15 is 0 Å². The van der Waals surface area contributed by atoms with Crippen LogP contribution in [0.15, 0.2) is 22.7 Å². The minimum atomic E-state index is -3.91. The van der Waals surface area contributed by atoms with E-state index in [1.807, 2.05) is 6.92 Å². The van der Waals surface area contributed by atoms with Crippen LogP contribution >= 0.6 is 11.3 Å². The number of anilines is 1. The summed E-state index contributed by atoms with van der Waals surface area (Å²) in [6.45, 7) is 1.96. The maximum Gasteiger partial charge on any atom is 0.267 e. The van der Waals surface area contributed by atoms with Gasteiger partial charge >= 0.3 is 0 Å². The molecule has 1 amide bonds. The Bertz CT molecular complexity index is 724. The fourth-order valence-corrected chi connectivity index (χ4v) is 2.64. The smallest absolute Gasteiger partial charge is 0.267 e. The first-order valence-corrected chi connectivity index (χ1v) is 7.89. The molecule has 0 fully saturated rings. The van der Waals surface area contributed by atoms with Crippen LogP contribution in [0, 0.1) is 0 Å². The zero-order valence-corrected chi connectivity index (χ0v) is 12.0. The number of pyridine rings is 1. The van der Waals surface area contributed by atoms with Crippen LogP contribution in [0.4, 0.5) is 5.13 Å². The lowest BCUT2D eigenvalue weighted by atomic mass is 10.2. The Morgan fingerprint density at radius 1 is 1.40 bits per heavy atom. The quantitative estimate of drug-likeness (QED) is 0.786. The molecule has 0 aliphatic carbocycles. The van der Waals surface area contributed by atoms with E-state index in [9.17, 15) is 13.2 Å². The third-order valence-electron chi connectivity index (χ3n) is 2.32. The number of aryl methyl sites for hydroxylation is 1. The first kappa shape index (κ1) is 14.5. The van der Waals surface area contributed by atoms with E-state index < -0.39 is 15.9 Å². The average Bonchev–Trinajstić information content (AvgIpc) is 2.87. The van der Waals surface area contributed by atoms with Crippen LogP contribution in [0.5, 0.6) is 0 Å². The number of carbonyl (C=O) groups is 1. The molecule has 0 aliphatic heterocycles. The number of nitrogens with two attached hydrogens (primary N) is 1. The van der Waals surface area contributed by atoms with Gasteiger partial charge in [0.15, 0.2) is 0 Å². The minimum absolute atomic E-state index is 0.0543. The van der Waals surface area contributed by atoms with Gasteiger partial charge in [-0.15, -0.1) is 10.2 Å². The van der Waals surface area contributed by atoms with Crippen molar-refractivity contribution in [1.82, 2.24) is 15.2 Å². The van der Waals surface area contributed by atoms with Crippen molar-refractivity contribution in [3.63, 3.8) is 0 Å². The maximum absolute atomic E-state index is 11.9. The predicted octanol–water partition coefficient (Wildman–Crippen LogP) is 0.395. The number of rotatable bonds is 4. The van der Waals surface area contributed by atoms with Crippen molar-refractivity contribution in [2.45, 2.75) is 17.7 Å². The summed E-state index contributed by atoms with van der Waals surface area (Å²) in [5, 5.41) is 14.3. The molecule has 3 N–H and O–H groups in total. The summed E-state index contributed by atoms with van der Waals surface area (Å²) in [5.41, 5.74) is 1.21. The van der Waals surface area contributed by atoms with Gasteiger partial charge in [-0.3, -0.25) is 15.1 Å². The molecule has 8 nitrogen and oxygen atoms in total. The van der Waals surface area contributed by atoms with Crippen LogP contribution < -0.4 is 10.5 Å². The summed E-state index contributed by atoms with van der Waals surface area (Å²) in [6, 6.07) is 3.37. The van der Waals surface area contributed by atoms with Gasteiger partial charge in [0.1, 0.15) is 0 Å². The fourth-order valence-electron chi connectivity index (χ4n) is 1.31. The largest absolute Gasteiger partial charge is 0.296 e. The molecule has 10 heteroatoms. The Morgan fingerprint density at radius 2 is 2.15 bits per heavy atom. The molecule has 20 heavy (non-hydrogen) atoms. The molecule has 0 aromatic carbocycles. The van der Waals surface area contributed by atoms with E-state index in [0.717, 1.165) is 12.1 Å². The predicted molar refractivity (Wildman–Crippen MR) is 72.9 cm³/mol. The van der Waals surface area contributed by atoms with Gasteiger partial charge in [0.2, 0.25) is 9.47 Å². The third-order valence-corrected chi connectivity index (χ3v) is 4.47. The van der Waals surface area contributed by atoms with E-state index in [1.165, 1.54) is 6.20 Å². The molecule has 0 aliphatic rings. The van der Waals surface area contributed by atoms with Gasteiger partial charge in [0.05, 0.1) is 5.56 Å². The topological polar surface area (TPSA) is 128 Å². The van der Waals surface area contributed by atoms with Gasteiger partial charge in [-0.2, -0.15) is 0 Å². The second kappa shape index (κ2) is 5.61. The number of aromatic nitrogens is 3. The molecular weight excluding hydrogens is 302 g/mol. The average molecular weight is 313 g/mol. The summed E-state index contributed by atoms with van der Waals surface area (Å²) in [7, 11) is -3.91. The highest BCUT2D eigenvalue weighted by Gasteiger charge is 2.16. The molecule has 2 rings (SSSR count). The standard InChI is InChI=1S/C10H11N5O3S2/c1-2-7-4-3-6(5-12-7)8(16)13-9-14-15-10(19-9)20(11,17)18/h3-5H,2H2,1H3,(H2,11,17,18)(H,13,14,16). The number of nitrogens with zero attached hydrogens (tertiary/aromatic N) is 3. The van der Waals surface area contributed by atoms with E-state index in [4.69, 9.17) is 5.14 Å². The molecular formula is C10H11N5O3S2. The zero-order valence-electron chi connectivity index (χ0n) is 10.4. The highest BCUT2D eigenvalue weighted by Crippen LogP contribution is 2.19. The highest BCUT2D eigenvalue weighted by atomic mass is 32.2. The number of sulfonamides is 1. The monoisotopic (exact) mass is 313 g/mol.